The van der Waals surface area contributed by atoms with E-state index in [-0.39, 0.29) is 26.6 Å². The molecule has 172 valence electrons. The number of nitrogens with one attached hydrogen (secondary N) is 1. The number of halogens is 3. The average Bonchev–Trinajstić information content (AvgIpc) is 2.81. The lowest BCUT2D eigenvalue weighted by atomic mass is 9.98. The summed E-state index contributed by atoms with van der Waals surface area (Å²) in [6.07, 6.45) is 2.68. The van der Waals surface area contributed by atoms with Gasteiger partial charge in [-0.1, -0.05) is 29.3 Å². The number of carbonyl (C=O) groups excluding carboxylic acids is 1. The zero-order valence-electron chi connectivity index (χ0n) is 17.7. The Kier molecular flexibility index (Phi) is 6.70. The van der Waals surface area contributed by atoms with Gasteiger partial charge in [0.15, 0.2) is 9.84 Å². The van der Waals surface area contributed by atoms with Crippen LogP contribution >= 0.6 is 23.2 Å². The molecule has 0 fully saturated rings. The van der Waals surface area contributed by atoms with Crippen LogP contribution in [0.2, 0.25) is 10.0 Å². The molecule has 1 amide bonds. The summed E-state index contributed by atoms with van der Waals surface area (Å²) >= 11 is 12.6. The zero-order chi connectivity index (χ0) is 24.5. The van der Waals surface area contributed by atoms with Crippen molar-refractivity contribution >= 4 is 44.6 Å². The van der Waals surface area contributed by atoms with Crippen molar-refractivity contribution < 1.29 is 17.6 Å². The van der Waals surface area contributed by atoms with Crippen molar-refractivity contribution in [2.75, 3.05) is 11.6 Å². The van der Waals surface area contributed by atoms with Crippen molar-refractivity contribution in [1.29, 1.82) is 0 Å². The maximum Gasteiger partial charge on any atom is 0.256 e. The highest BCUT2D eigenvalue weighted by Crippen LogP contribution is 2.34. The largest absolute Gasteiger partial charge is 0.322 e. The van der Waals surface area contributed by atoms with Gasteiger partial charge in [0.2, 0.25) is 0 Å². The lowest BCUT2D eigenvalue weighted by Gasteiger charge is -2.14. The summed E-state index contributed by atoms with van der Waals surface area (Å²) in [5, 5.41) is 3.42. The molecule has 4 rings (SSSR count). The number of pyridine rings is 1. The smallest absolute Gasteiger partial charge is 0.256 e. The Hall–Kier alpha value is -3.26. The number of amides is 1. The van der Waals surface area contributed by atoms with E-state index in [9.17, 15) is 17.6 Å². The summed E-state index contributed by atoms with van der Waals surface area (Å²) in [7, 11) is -3.59. The minimum absolute atomic E-state index is 0.0247. The lowest BCUT2D eigenvalue weighted by molar-refractivity contribution is 0.102. The molecule has 5 nitrogen and oxygen atoms in total. The first-order valence-electron chi connectivity index (χ1n) is 9.95. The van der Waals surface area contributed by atoms with E-state index >= 15 is 0 Å². The number of benzene rings is 3. The number of nitrogens with zero attached hydrogens (tertiary/aromatic N) is 1. The SMILES string of the molecule is CS(=O)(=O)c1ccc(C(=O)Nc2ccc(Cl)c(-c3ccccn3)c2)c(-c2cc(F)ccc2Cl)c1. The summed E-state index contributed by atoms with van der Waals surface area (Å²) in [4.78, 5) is 17.5. The second-order valence-electron chi connectivity index (χ2n) is 7.47. The quantitative estimate of drug-likeness (QED) is 0.329. The highest BCUT2D eigenvalue weighted by Gasteiger charge is 2.20. The summed E-state index contributed by atoms with van der Waals surface area (Å²) < 4.78 is 38.2. The van der Waals surface area contributed by atoms with E-state index in [0.717, 1.165) is 12.3 Å². The van der Waals surface area contributed by atoms with Gasteiger partial charge in [-0.25, -0.2) is 12.8 Å². The van der Waals surface area contributed by atoms with Crippen molar-refractivity contribution in [2.45, 2.75) is 4.90 Å². The van der Waals surface area contributed by atoms with E-state index in [1.807, 2.05) is 6.07 Å². The third-order valence-corrected chi connectivity index (χ3v) is 6.82. The molecule has 0 atom stereocenters. The van der Waals surface area contributed by atoms with E-state index in [1.165, 1.54) is 30.3 Å². The van der Waals surface area contributed by atoms with E-state index in [2.05, 4.69) is 10.3 Å². The van der Waals surface area contributed by atoms with E-state index in [1.54, 1.807) is 36.5 Å². The predicted octanol–water partition coefficient (Wildman–Crippen LogP) is 6.52. The molecule has 9 heteroatoms. The van der Waals surface area contributed by atoms with Crippen LogP contribution < -0.4 is 5.32 Å². The van der Waals surface area contributed by atoms with Gasteiger partial charge in [0.05, 0.1) is 15.6 Å². The van der Waals surface area contributed by atoms with E-state index in [4.69, 9.17) is 23.2 Å². The van der Waals surface area contributed by atoms with Gasteiger partial charge in [0.1, 0.15) is 5.82 Å². The average molecular weight is 515 g/mol. The lowest BCUT2D eigenvalue weighted by Crippen LogP contribution is -2.14. The van der Waals surface area contributed by atoms with Gasteiger partial charge >= 0.3 is 0 Å². The monoisotopic (exact) mass is 514 g/mol. The number of hydrogen-bond acceptors (Lipinski definition) is 4. The first-order valence-corrected chi connectivity index (χ1v) is 12.6. The summed E-state index contributed by atoms with van der Waals surface area (Å²) in [6.45, 7) is 0. The minimum Gasteiger partial charge on any atom is -0.322 e. The first kappa shape index (κ1) is 23.9. The maximum atomic E-state index is 14.0. The summed E-state index contributed by atoms with van der Waals surface area (Å²) in [6, 6.07) is 18.0. The fourth-order valence-electron chi connectivity index (χ4n) is 3.40. The standard InChI is InChI=1S/C25H17Cl2FN2O3S/c1-34(32,33)17-7-8-18(19(14-17)20-12-15(28)5-9-22(20)26)25(31)30-16-6-10-23(27)21(13-16)24-4-2-3-11-29-24/h2-14H,1H3,(H,30,31). The highest BCUT2D eigenvalue weighted by atomic mass is 35.5. The Morgan fingerprint density at radius 2 is 1.62 bits per heavy atom. The van der Waals surface area contributed by atoms with Crippen LogP contribution in [0.15, 0.2) is 83.9 Å². The topological polar surface area (TPSA) is 76.1 Å². The van der Waals surface area contributed by atoms with Gasteiger partial charge in [0.25, 0.3) is 5.91 Å². The van der Waals surface area contributed by atoms with Crippen LogP contribution in [0, 0.1) is 5.82 Å². The van der Waals surface area contributed by atoms with Crippen LogP contribution in [0.4, 0.5) is 10.1 Å². The molecule has 0 spiro atoms. The number of sulfone groups is 1. The first-order chi connectivity index (χ1) is 16.1. The molecule has 0 saturated heterocycles. The second-order valence-corrected chi connectivity index (χ2v) is 10.3. The molecular formula is C25H17Cl2FN2O3S. The Labute approximate surface area is 206 Å². The highest BCUT2D eigenvalue weighted by molar-refractivity contribution is 7.90. The molecular weight excluding hydrogens is 498 g/mol. The molecule has 1 N–H and O–H groups in total. The molecule has 0 bridgehead atoms. The Balaban J connectivity index is 1.78. The van der Waals surface area contributed by atoms with Gasteiger partial charge < -0.3 is 5.32 Å². The van der Waals surface area contributed by atoms with E-state index in [0.29, 0.717) is 22.0 Å². The predicted molar refractivity (Wildman–Crippen MR) is 133 cm³/mol. The molecule has 4 aromatic rings. The number of carbonyl (C=O) groups is 1. The van der Waals surface area contributed by atoms with Crippen LogP contribution in [0.3, 0.4) is 0 Å². The van der Waals surface area contributed by atoms with Crippen molar-refractivity contribution in [3.63, 3.8) is 0 Å². The molecule has 0 radical (unpaired) electrons. The fourth-order valence-corrected chi connectivity index (χ4v) is 4.48. The number of hydrogen-bond donors (Lipinski definition) is 1. The van der Waals surface area contributed by atoms with Crippen LogP contribution in [0.1, 0.15) is 10.4 Å². The molecule has 3 aromatic carbocycles. The van der Waals surface area contributed by atoms with Gasteiger partial charge in [0, 0.05) is 39.9 Å². The second kappa shape index (κ2) is 9.54. The third kappa shape index (κ3) is 5.12. The van der Waals surface area contributed by atoms with Crippen molar-refractivity contribution in [3.05, 3.63) is 100 Å². The molecule has 0 saturated carbocycles. The van der Waals surface area contributed by atoms with Crippen molar-refractivity contribution in [3.8, 4) is 22.4 Å². The molecule has 1 heterocycles. The van der Waals surface area contributed by atoms with Crippen LogP contribution in [0.5, 0.6) is 0 Å². The summed E-state index contributed by atoms with van der Waals surface area (Å²) in [5.41, 5.74) is 2.20. The fraction of sp³-hybridized carbons (Fsp3) is 0.0400. The number of rotatable bonds is 5. The maximum absolute atomic E-state index is 14.0. The number of anilines is 1. The van der Waals surface area contributed by atoms with Crippen molar-refractivity contribution in [2.24, 2.45) is 0 Å². The molecule has 0 unspecified atom stereocenters. The van der Waals surface area contributed by atoms with Gasteiger partial charge in [-0.3, -0.25) is 9.78 Å². The van der Waals surface area contributed by atoms with E-state index < -0.39 is 21.6 Å². The molecule has 0 aliphatic heterocycles. The van der Waals surface area contributed by atoms with Crippen LogP contribution in [0.25, 0.3) is 22.4 Å². The van der Waals surface area contributed by atoms with Crippen LogP contribution in [-0.4, -0.2) is 25.6 Å². The molecule has 34 heavy (non-hydrogen) atoms. The Morgan fingerprint density at radius 3 is 2.32 bits per heavy atom. The zero-order valence-corrected chi connectivity index (χ0v) is 20.0. The van der Waals surface area contributed by atoms with Gasteiger partial charge in [-0.15, -0.1) is 0 Å². The Morgan fingerprint density at radius 1 is 0.882 bits per heavy atom. The van der Waals surface area contributed by atoms with Crippen LogP contribution in [-0.2, 0) is 9.84 Å². The molecule has 0 aliphatic carbocycles. The van der Waals surface area contributed by atoms with Crippen molar-refractivity contribution in [1.82, 2.24) is 4.98 Å². The normalized spacial score (nSPS) is 11.3. The van der Waals surface area contributed by atoms with Gasteiger partial charge in [-0.2, -0.15) is 0 Å². The minimum atomic E-state index is -3.59. The molecule has 1 aromatic heterocycles. The van der Waals surface area contributed by atoms with Gasteiger partial charge in [-0.05, 0) is 72.3 Å². The number of aromatic nitrogens is 1. The summed E-state index contributed by atoms with van der Waals surface area (Å²) in [5.74, 6) is -1.11. The third-order valence-electron chi connectivity index (χ3n) is 5.05. The Bertz CT molecular complexity index is 1510. The molecule has 0 aliphatic rings.